The molecule has 0 nitrogen and oxygen atoms in total. The van der Waals surface area contributed by atoms with E-state index in [1.807, 2.05) is 0 Å². The van der Waals surface area contributed by atoms with Crippen LogP contribution < -0.4 is 34.4 Å². The second kappa shape index (κ2) is 8.35. The molecule has 2 aromatic carbocycles. The predicted octanol–water partition coefficient (Wildman–Crippen LogP) is -0.663. The predicted molar refractivity (Wildman–Crippen MR) is 79.7 cm³/mol. The van der Waals surface area contributed by atoms with Crippen LogP contribution in [0.2, 0.25) is 12.6 Å². The van der Waals surface area contributed by atoms with Gasteiger partial charge in [0.15, 0.2) is 0 Å². The molecule has 3 heteroatoms. The largest absolute Gasteiger partial charge is 2.00 e. The first-order chi connectivity index (χ1) is 7.77. The maximum Gasteiger partial charge on any atom is 2.00 e. The van der Waals surface area contributed by atoms with Gasteiger partial charge in [-0.1, -0.05) is 77.6 Å². The van der Waals surface area contributed by atoms with Crippen molar-refractivity contribution in [1.29, 1.82) is 0 Å². The molecular formula is C15H17IMgSi. The number of hydrogen-bond acceptors (Lipinski definition) is 0. The molecule has 0 amide bonds. The van der Waals surface area contributed by atoms with E-state index in [1.54, 1.807) is 0 Å². The molecule has 0 atom stereocenters. The first-order valence-corrected chi connectivity index (χ1v) is 8.38. The molecular weight excluding hydrogens is 359 g/mol. The SMILES string of the molecule is [CH2-]C[Si](C)(c1ccccc1)c1ccccc1.[I-].[Mg+2]. The summed E-state index contributed by atoms with van der Waals surface area (Å²) in [7, 11) is -1.59. The Bertz CT molecular complexity index is 405. The fourth-order valence-electron chi connectivity index (χ4n) is 2.07. The summed E-state index contributed by atoms with van der Waals surface area (Å²) in [5, 5.41) is 2.94. The summed E-state index contributed by atoms with van der Waals surface area (Å²) in [5.41, 5.74) is 0. The Morgan fingerprint density at radius 1 is 0.833 bits per heavy atom. The zero-order chi connectivity index (χ0) is 11.4. The first-order valence-electron chi connectivity index (χ1n) is 5.67. The standard InChI is InChI=1S/C15H17Si.HI.Mg/c1-3-16(2,14-10-6-4-7-11-14)15-12-8-5-9-13-15;;/h4-13H,1,3H2,2H3;1H;/q-1;;+2/p-1. The molecule has 0 aliphatic heterocycles. The number of rotatable bonds is 3. The molecule has 0 unspecified atom stereocenters. The molecule has 0 saturated carbocycles. The van der Waals surface area contributed by atoms with Crippen LogP contribution in [0.25, 0.3) is 0 Å². The molecule has 90 valence electrons. The van der Waals surface area contributed by atoms with E-state index >= 15 is 0 Å². The minimum atomic E-state index is -1.59. The van der Waals surface area contributed by atoms with Gasteiger partial charge in [-0.15, -0.1) is 0 Å². The van der Waals surface area contributed by atoms with Gasteiger partial charge in [-0.2, -0.15) is 6.04 Å². The van der Waals surface area contributed by atoms with Crippen LogP contribution in [0.1, 0.15) is 0 Å². The van der Waals surface area contributed by atoms with Crippen molar-refractivity contribution in [2.24, 2.45) is 0 Å². The molecule has 0 spiro atoms. The minimum Gasteiger partial charge on any atom is -1.00 e. The number of halogens is 1. The summed E-state index contributed by atoms with van der Waals surface area (Å²) >= 11 is 0. The van der Waals surface area contributed by atoms with Gasteiger partial charge < -0.3 is 30.9 Å². The normalized spacial score (nSPS) is 10.1. The van der Waals surface area contributed by atoms with Crippen molar-refractivity contribution in [3.8, 4) is 0 Å². The van der Waals surface area contributed by atoms with E-state index in [0.29, 0.717) is 0 Å². The molecule has 0 radical (unpaired) electrons. The zero-order valence-electron chi connectivity index (χ0n) is 10.8. The quantitative estimate of drug-likeness (QED) is 0.379. The first kappa shape index (κ1) is 18.2. The Labute approximate surface area is 144 Å². The van der Waals surface area contributed by atoms with Crippen LogP contribution >= 0.6 is 0 Å². The average molecular weight is 377 g/mol. The Hall–Kier alpha value is 0.153. The monoisotopic (exact) mass is 376 g/mol. The van der Waals surface area contributed by atoms with Crippen LogP contribution in [0.15, 0.2) is 60.7 Å². The minimum absolute atomic E-state index is 0. The van der Waals surface area contributed by atoms with Crippen LogP contribution in [0, 0.1) is 6.92 Å². The summed E-state index contributed by atoms with van der Waals surface area (Å²) in [6.07, 6.45) is 0. The Morgan fingerprint density at radius 2 is 1.17 bits per heavy atom. The topological polar surface area (TPSA) is 0 Å². The Morgan fingerprint density at radius 3 is 1.44 bits per heavy atom. The maximum absolute atomic E-state index is 4.17. The van der Waals surface area contributed by atoms with Crippen molar-refractivity contribution in [3.05, 3.63) is 67.6 Å². The Balaban J connectivity index is 0.00000144. The molecule has 2 rings (SSSR count). The van der Waals surface area contributed by atoms with Crippen LogP contribution in [0.5, 0.6) is 0 Å². The summed E-state index contributed by atoms with van der Waals surface area (Å²) in [6, 6.07) is 22.6. The van der Waals surface area contributed by atoms with E-state index in [4.69, 9.17) is 0 Å². The van der Waals surface area contributed by atoms with Gasteiger partial charge in [-0.3, -0.25) is 0 Å². The van der Waals surface area contributed by atoms with Gasteiger partial charge in [0.2, 0.25) is 0 Å². The van der Waals surface area contributed by atoms with Crippen molar-refractivity contribution in [2.45, 2.75) is 12.6 Å². The van der Waals surface area contributed by atoms with E-state index in [9.17, 15) is 0 Å². The fraction of sp³-hybridized carbons (Fsp3) is 0.133. The zero-order valence-corrected chi connectivity index (χ0v) is 15.3. The molecule has 0 N–H and O–H groups in total. The van der Waals surface area contributed by atoms with E-state index in [2.05, 4.69) is 74.1 Å². The summed E-state index contributed by atoms with van der Waals surface area (Å²) in [6.45, 7) is 6.57. The molecule has 0 aromatic heterocycles. The van der Waals surface area contributed by atoms with E-state index in [1.165, 1.54) is 10.4 Å². The third-order valence-corrected chi connectivity index (χ3v) is 7.54. The van der Waals surface area contributed by atoms with Crippen molar-refractivity contribution in [1.82, 2.24) is 0 Å². The van der Waals surface area contributed by atoms with E-state index < -0.39 is 8.07 Å². The van der Waals surface area contributed by atoms with Crippen molar-refractivity contribution in [2.75, 3.05) is 0 Å². The second-order valence-corrected chi connectivity index (χ2v) is 8.63. The molecule has 0 aliphatic carbocycles. The molecule has 0 saturated heterocycles. The van der Waals surface area contributed by atoms with Gasteiger partial charge in [0, 0.05) is 0 Å². The van der Waals surface area contributed by atoms with Crippen molar-refractivity contribution >= 4 is 41.5 Å². The van der Waals surface area contributed by atoms with Crippen LogP contribution in [0.4, 0.5) is 0 Å². The smallest absolute Gasteiger partial charge is 1.00 e. The molecule has 0 bridgehead atoms. The second-order valence-electron chi connectivity index (χ2n) is 4.31. The summed E-state index contributed by atoms with van der Waals surface area (Å²) in [4.78, 5) is 0. The van der Waals surface area contributed by atoms with Gasteiger partial charge in [0.1, 0.15) is 0 Å². The summed E-state index contributed by atoms with van der Waals surface area (Å²) < 4.78 is 0. The van der Waals surface area contributed by atoms with Gasteiger partial charge in [0.05, 0.1) is 8.07 Å². The van der Waals surface area contributed by atoms with Gasteiger partial charge in [0.25, 0.3) is 0 Å². The van der Waals surface area contributed by atoms with Crippen LogP contribution in [-0.2, 0) is 0 Å². The van der Waals surface area contributed by atoms with Gasteiger partial charge in [-0.05, 0) is 0 Å². The van der Waals surface area contributed by atoms with Crippen molar-refractivity contribution in [3.63, 3.8) is 0 Å². The van der Waals surface area contributed by atoms with Crippen LogP contribution in [0.3, 0.4) is 0 Å². The van der Waals surface area contributed by atoms with E-state index in [0.717, 1.165) is 6.04 Å². The molecule has 0 fully saturated rings. The van der Waals surface area contributed by atoms with Crippen LogP contribution in [-0.4, -0.2) is 31.1 Å². The average Bonchev–Trinajstić information content (AvgIpc) is 2.40. The molecule has 2 aromatic rings. The number of hydrogen-bond donors (Lipinski definition) is 0. The number of benzene rings is 2. The molecule has 0 aliphatic rings. The summed E-state index contributed by atoms with van der Waals surface area (Å²) in [5.74, 6) is 0. The van der Waals surface area contributed by atoms with Gasteiger partial charge in [-0.25, -0.2) is 0 Å². The third-order valence-electron chi connectivity index (χ3n) is 3.32. The van der Waals surface area contributed by atoms with Crippen molar-refractivity contribution < 1.29 is 24.0 Å². The maximum atomic E-state index is 4.17. The fourth-order valence-corrected chi connectivity index (χ4v) is 4.83. The van der Waals surface area contributed by atoms with Gasteiger partial charge >= 0.3 is 23.1 Å². The molecule has 0 heterocycles. The Kier molecular flexibility index (Phi) is 8.42. The third kappa shape index (κ3) is 3.82. The molecule has 18 heavy (non-hydrogen) atoms. The van der Waals surface area contributed by atoms with E-state index in [-0.39, 0.29) is 47.0 Å².